The number of hydrogen-bond acceptors (Lipinski definition) is 6. The maximum atomic E-state index is 12.3. The smallest absolute Gasteiger partial charge is 0.306 e. The van der Waals surface area contributed by atoms with E-state index in [0.29, 0.717) is 29.8 Å². The summed E-state index contributed by atoms with van der Waals surface area (Å²) in [6.45, 7) is 0. The van der Waals surface area contributed by atoms with Crippen LogP contribution in [0.25, 0.3) is 5.69 Å². The minimum absolute atomic E-state index is 0.0950. The van der Waals surface area contributed by atoms with Gasteiger partial charge in [-0.2, -0.15) is 4.68 Å². The van der Waals surface area contributed by atoms with Crippen molar-refractivity contribution in [1.82, 2.24) is 25.5 Å². The molecule has 1 aliphatic rings. The summed E-state index contributed by atoms with van der Waals surface area (Å²) in [5.74, 6) is -1.37. The number of nitrogens with zero attached hydrogens (tertiary/aromatic N) is 4. The zero-order valence-electron chi connectivity index (χ0n) is 11.0. The van der Waals surface area contributed by atoms with Gasteiger partial charge in [0.15, 0.2) is 0 Å². The standard InChI is InChI=1S/C12H13N5O3S/c18-11(14-8-2-1-7(5-8)12(19)20)10-9(3-4-21-10)17-6-13-15-16-17/h3-4,6-8H,1-2,5H2,(H,14,18)(H,19,20)/t7-,8+/m1/s1. The van der Waals surface area contributed by atoms with E-state index in [0.717, 1.165) is 0 Å². The molecule has 0 aromatic carbocycles. The second-order valence-corrected chi connectivity index (χ2v) is 5.82. The Balaban J connectivity index is 1.70. The monoisotopic (exact) mass is 307 g/mol. The molecule has 0 spiro atoms. The predicted molar refractivity (Wildman–Crippen MR) is 73.3 cm³/mol. The number of rotatable bonds is 4. The lowest BCUT2D eigenvalue weighted by atomic mass is 10.1. The lowest BCUT2D eigenvalue weighted by molar-refractivity contribution is -0.141. The van der Waals surface area contributed by atoms with E-state index in [-0.39, 0.29) is 17.9 Å². The molecule has 2 aromatic rings. The fourth-order valence-electron chi connectivity index (χ4n) is 2.51. The van der Waals surface area contributed by atoms with Crippen LogP contribution in [-0.4, -0.2) is 43.2 Å². The van der Waals surface area contributed by atoms with Crippen molar-refractivity contribution in [1.29, 1.82) is 0 Å². The van der Waals surface area contributed by atoms with Crippen molar-refractivity contribution in [3.8, 4) is 5.69 Å². The number of aliphatic carboxylic acids is 1. The summed E-state index contributed by atoms with van der Waals surface area (Å²) in [4.78, 5) is 23.8. The third-order valence-corrected chi connectivity index (χ3v) is 4.47. The van der Waals surface area contributed by atoms with Crippen LogP contribution >= 0.6 is 11.3 Å². The van der Waals surface area contributed by atoms with E-state index in [1.807, 2.05) is 0 Å². The SMILES string of the molecule is O=C(N[C@H]1CC[C@@H](C(=O)O)C1)c1sccc1-n1cnnn1. The van der Waals surface area contributed by atoms with Gasteiger partial charge in [-0.3, -0.25) is 9.59 Å². The third kappa shape index (κ3) is 2.77. The van der Waals surface area contributed by atoms with E-state index in [1.54, 1.807) is 11.4 Å². The molecule has 2 atom stereocenters. The van der Waals surface area contributed by atoms with Crippen LogP contribution < -0.4 is 5.32 Å². The van der Waals surface area contributed by atoms with Crippen molar-refractivity contribution in [3.05, 3.63) is 22.7 Å². The zero-order valence-corrected chi connectivity index (χ0v) is 11.8. The van der Waals surface area contributed by atoms with Gasteiger partial charge in [0.2, 0.25) is 0 Å². The molecule has 2 N–H and O–H groups in total. The normalized spacial score (nSPS) is 21.3. The fourth-order valence-corrected chi connectivity index (χ4v) is 3.29. The Labute approximate surface area is 123 Å². The van der Waals surface area contributed by atoms with E-state index in [1.165, 1.54) is 22.3 Å². The van der Waals surface area contributed by atoms with Gasteiger partial charge in [0.25, 0.3) is 5.91 Å². The Hall–Kier alpha value is -2.29. The summed E-state index contributed by atoms with van der Waals surface area (Å²) in [5.41, 5.74) is 0.621. The van der Waals surface area contributed by atoms with Crippen LogP contribution in [0.5, 0.6) is 0 Å². The van der Waals surface area contributed by atoms with Crippen LogP contribution in [0.2, 0.25) is 0 Å². The fraction of sp³-hybridized carbons (Fsp3) is 0.417. The number of thiophene rings is 1. The Kier molecular flexibility index (Phi) is 3.65. The Morgan fingerprint density at radius 1 is 1.43 bits per heavy atom. The summed E-state index contributed by atoms with van der Waals surface area (Å²) in [5, 5.41) is 24.5. The molecule has 8 nitrogen and oxygen atoms in total. The quantitative estimate of drug-likeness (QED) is 0.860. The maximum absolute atomic E-state index is 12.3. The molecular formula is C12H13N5O3S. The number of tetrazole rings is 1. The van der Waals surface area contributed by atoms with Gasteiger partial charge in [0.05, 0.1) is 11.6 Å². The topological polar surface area (TPSA) is 110 Å². The highest BCUT2D eigenvalue weighted by atomic mass is 32.1. The first-order chi connectivity index (χ1) is 10.1. The second-order valence-electron chi connectivity index (χ2n) is 4.91. The highest BCUT2D eigenvalue weighted by Gasteiger charge is 2.31. The summed E-state index contributed by atoms with van der Waals surface area (Å²) in [6, 6.07) is 1.67. The molecule has 1 fully saturated rings. The molecule has 2 heterocycles. The lowest BCUT2D eigenvalue weighted by Crippen LogP contribution is -2.33. The van der Waals surface area contributed by atoms with Gasteiger partial charge in [-0.1, -0.05) is 0 Å². The van der Waals surface area contributed by atoms with Crippen LogP contribution in [0.15, 0.2) is 17.8 Å². The summed E-state index contributed by atoms with van der Waals surface area (Å²) in [6.07, 6.45) is 3.19. The second kappa shape index (κ2) is 5.60. The van der Waals surface area contributed by atoms with Crippen LogP contribution in [0.4, 0.5) is 0 Å². The Bertz CT molecular complexity index is 654. The zero-order chi connectivity index (χ0) is 14.8. The first-order valence-corrected chi connectivity index (χ1v) is 7.37. The molecule has 0 saturated heterocycles. The van der Waals surface area contributed by atoms with Crippen molar-refractivity contribution in [2.75, 3.05) is 0 Å². The average Bonchev–Trinajstić information content (AvgIpc) is 3.19. The number of hydrogen-bond donors (Lipinski definition) is 2. The molecule has 110 valence electrons. The van der Waals surface area contributed by atoms with Crippen LogP contribution in [0.1, 0.15) is 28.9 Å². The van der Waals surface area contributed by atoms with E-state index in [4.69, 9.17) is 5.11 Å². The van der Waals surface area contributed by atoms with Crippen molar-refractivity contribution in [2.24, 2.45) is 5.92 Å². The molecule has 0 unspecified atom stereocenters. The summed E-state index contributed by atoms with van der Waals surface area (Å²) < 4.78 is 1.43. The predicted octanol–water partition coefficient (Wildman–Crippen LogP) is 0.707. The number of amides is 1. The molecule has 9 heteroatoms. The van der Waals surface area contributed by atoms with Crippen LogP contribution in [0, 0.1) is 5.92 Å². The Morgan fingerprint density at radius 3 is 2.95 bits per heavy atom. The molecule has 1 saturated carbocycles. The molecular weight excluding hydrogens is 294 g/mol. The van der Waals surface area contributed by atoms with Gasteiger partial charge >= 0.3 is 5.97 Å². The molecule has 0 bridgehead atoms. The van der Waals surface area contributed by atoms with Gasteiger partial charge in [-0.15, -0.1) is 16.4 Å². The van der Waals surface area contributed by atoms with Gasteiger partial charge in [0.1, 0.15) is 11.2 Å². The third-order valence-electron chi connectivity index (χ3n) is 3.56. The number of aromatic nitrogens is 4. The Morgan fingerprint density at radius 2 is 2.29 bits per heavy atom. The van der Waals surface area contributed by atoms with Crippen molar-refractivity contribution >= 4 is 23.2 Å². The van der Waals surface area contributed by atoms with Crippen molar-refractivity contribution < 1.29 is 14.7 Å². The lowest BCUT2D eigenvalue weighted by Gasteiger charge is -2.12. The van der Waals surface area contributed by atoms with Crippen LogP contribution in [-0.2, 0) is 4.79 Å². The van der Waals surface area contributed by atoms with Gasteiger partial charge < -0.3 is 10.4 Å². The first-order valence-electron chi connectivity index (χ1n) is 6.49. The minimum Gasteiger partial charge on any atom is -0.481 e. The largest absolute Gasteiger partial charge is 0.481 e. The van der Waals surface area contributed by atoms with Crippen molar-refractivity contribution in [2.45, 2.75) is 25.3 Å². The number of carboxylic acid groups (broad SMARTS) is 1. The number of carboxylic acids is 1. The molecule has 0 radical (unpaired) electrons. The number of carbonyl (C=O) groups excluding carboxylic acids is 1. The molecule has 1 amide bonds. The van der Waals surface area contributed by atoms with E-state index in [9.17, 15) is 9.59 Å². The van der Waals surface area contributed by atoms with Gasteiger partial charge in [0, 0.05) is 6.04 Å². The summed E-state index contributed by atoms with van der Waals surface area (Å²) in [7, 11) is 0. The number of nitrogens with one attached hydrogen (secondary N) is 1. The molecule has 2 aromatic heterocycles. The molecule has 1 aliphatic carbocycles. The molecule has 0 aliphatic heterocycles. The van der Waals surface area contributed by atoms with E-state index in [2.05, 4.69) is 20.8 Å². The maximum Gasteiger partial charge on any atom is 0.306 e. The minimum atomic E-state index is -0.794. The first kappa shape index (κ1) is 13.7. The highest BCUT2D eigenvalue weighted by Crippen LogP contribution is 2.27. The summed E-state index contributed by atoms with van der Waals surface area (Å²) >= 11 is 1.30. The highest BCUT2D eigenvalue weighted by molar-refractivity contribution is 7.12. The number of carbonyl (C=O) groups is 2. The van der Waals surface area contributed by atoms with E-state index < -0.39 is 5.97 Å². The molecule has 3 rings (SSSR count). The molecule has 21 heavy (non-hydrogen) atoms. The van der Waals surface area contributed by atoms with Gasteiger partial charge in [-0.25, -0.2) is 0 Å². The average molecular weight is 307 g/mol. The van der Waals surface area contributed by atoms with Crippen molar-refractivity contribution in [3.63, 3.8) is 0 Å². The van der Waals surface area contributed by atoms with Gasteiger partial charge in [-0.05, 0) is 41.1 Å². The van der Waals surface area contributed by atoms with E-state index >= 15 is 0 Å². The van der Waals surface area contributed by atoms with Crippen LogP contribution in [0.3, 0.4) is 0 Å².